The third kappa shape index (κ3) is 8.16. The first-order valence-corrected chi connectivity index (χ1v) is 10.7. The molecule has 0 saturated heterocycles. The fourth-order valence-electron chi connectivity index (χ4n) is 3.15. The zero-order valence-electron chi connectivity index (χ0n) is 18.7. The third-order valence-electron chi connectivity index (χ3n) is 4.98. The topological polar surface area (TPSA) is 77.2 Å². The lowest BCUT2D eigenvalue weighted by molar-refractivity contribution is 0.0993. The molecule has 0 saturated carbocycles. The molecule has 0 spiro atoms. The Morgan fingerprint density at radius 1 is 0.848 bits per heavy atom. The number of rotatable bonds is 11. The highest BCUT2D eigenvalue weighted by molar-refractivity contribution is 6.05. The molecule has 1 amide bonds. The molecule has 6 nitrogen and oxygen atoms in total. The molecule has 3 rings (SSSR count). The fraction of sp³-hybridized carbons (Fsp3) is 0.231. The first kappa shape index (κ1) is 25.7. The number of hydrazone groups is 1. The van der Waals surface area contributed by atoms with Crippen LogP contribution in [0.5, 0.6) is 11.5 Å². The third-order valence-corrected chi connectivity index (χ3v) is 4.98. The van der Waals surface area contributed by atoms with Gasteiger partial charge in [0.05, 0.1) is 19.4 Å². The molecule has 0 heterocycles. The second kappa shape index (κ2) is 13.8. The summed E-state index contributed by atoms with van der Waals surface area (Å²) in [4.78, 5) is 14.3. The second-order valence-corrected chi connectivity index (χ2v) is 7.33. The van der Waals surface area contributed by atoms with E-state index in [4.69, 9.17) is 15.3 Å². The van der Waals surface area contributed by atoms with Crippen LogP contribution in [-0.2, 0) is 0 Å². The maximum Gasteiger partial charge on any atom is 0.258 e. The van der Waals surface area contributed by atoms with Gasteiger partial charge in [-0.15, -0.1) is 12.4 Å². The van der Waals surface area contributed by atoms with Gasteiger partial charge in [0.25, 0.3) is 5.91 Å². The summed E-state index contributed by atoms with van der Waals surface area (Å²) in [6.45, 7) is 1.29. The van der Waals surface area contributed by atoms with Crippen molar-refractivity contribution in [1.82, 2.24) is 0 Å². The maximum atomic E-state index is 12.6. The number of hydrogen-bond acceptors (Lipinski definition) is 5. The lowest BCUT2D eigenvalue weighted by Gasteiger charge is -2.17. The number of anilines is 1. The number of ether oxygens (including phenoxy) is 2. The number of halogens is 1. The van der Waals surface area contributed by atoms with E-state index >= 15 is 0 Å². The summed E-state index contributed by atoms with van der Waals surface area (Å²) >= 11 is 0. The van der Waals surface area contributed by atoms with Gasteiger partial charge in [0.2, 0.25) is 0 Å². The number of amides is 1. The zero-order valence-corrected chi connectivity index (χ0v) is 19.5. The van der Waals surface area contributed by atoms with Crippen LogP contribution >= 0.6 is 12.4 Å². The Morgan fingerprint density at radius 3 is 1.94 bits per heavy atom. The summed E-state index contributed by atoms with van der Waals surface area (Å²) in [7, 11) is 1.78. The molecular weight excluding hydrogens is 438 g/mol. The molecule has 0 atom stereocenters. The first-order chi connectivity index (χ1) is 15.7. The Hall–Kier alpha value is -3.51. The van der Waals surface area contributed by atoms with E-state index in [1.807, 2.05) is 66.7 Å². The molecular formula is C26H30ClN3O3. The SMILES string of the molecule is CN(C(=O)c1ccc(OCCCCCOc2ccc(C=NN)cc2)cc1)c1ccccc1.Cl. The maximum absolute atomic E-state index is 12.6. The van der Waals surface area contributed by atoms with Gasteiger partial charge in [0.1, 0.15) is 11.5 Å². The largest absolute Gasteiger partial charge is 0.494 e. The number of nitrogens with zero attached hydrogens (tertiary/aromatic N) is 2. The molecule has 174 valence electrons. The van der Waals surface area contributed by atoms with E-state index in [0.717, 1.165) is 42.0 Å². The van der Waals surface area contributed by atoms with Crippen LogP contribution in [0.25, 0.3) is 0 Å². The van der Waals surface area contributed by atoms with Crippen molar-refractivity contribution in [3.05, 3.63) is 90.0 Å². The van der Waals surface area contributed by atoms with Gasteiger partial charge in [-0.2, -0.15) is 5.10 Å². The van der Waals surface area contributed by atoms with E-state index in [0.29, 0.717) is 18.8 Å². The van der Waals surface area contributed by atoms with Crippen molar-refractivity contribution < 1.29 is 14.3 Å². The van der Waals surface area contributed by atoms with Gasteiger partial charge < -0.3 is 20.2 Å². The van der Waals surface area contributed by atoms with Gasteiger partial charge in [-0.05, 0) is 85.5 Å². The summed E-state index contributed by atoms with van der Waals surface area (Å²) in [5.74, 6) is 6.69. The number of unbranched alkanes of at least 4 members (excludes halogenated alkanes) is 2. The predicted octanol–water partition coefficient (Wildman–Crippen LogP) is 5.31. The number of hydrogen-bond donors (Lipinski definition) is 1. The monoisotopic (exact) mass is 467 g/mol. The minimum Gasteiger partial charge on any atom is -0.494 e. The number of nitrogens with two attached hydrogens (primary N) is 1. The predicted molar refractivity (Wildman–Crippen MR) is 136 cm³/mol. The molecule has 33 heavy (non-hydrogen) atoms. The molecule has 7 heteroatoms. The number of para-hydroxylation sites is 1. The molecule has 0 fully saturated rings. The van der Waals surface area contributed by atoms with Crippen molar-refractivity contribution in [2.24, 2.45) is 10.9 Å². The van der Waals surface area contributed by atoms with Crippen LogP contribution < -0.4 is 20.2 Å². The number of carbonyl (C=O) groups is 1. The summed E-state index contributed by atoms with van der Waals surface area (Å²) in [6.07, 6.45) is 4.50. The molecule has 0 aliphatic carbocycles. The normalized spacial score (nSPS) is 10.5. The van der Waals surface area contributed by atoms with E-state index in [1.54, 1.807) is 30.3 Å². The summed E-state index contributed by atoms with van der Waals surface area (Å²) < 4.78 is 11.5. The standard InChI is InChI=1S/C26H29N3O3.ClH/c1-29(23-8-4-2-5-9-23)26(30)22-12-16-25(17-13-22)32-19-7-3-6-18-31-24-14-10-21(11-15-24)20-28-27;/h2,4-5,8-17,20H,3,6-7,18-19,27H2,1H3;1H. The molecule has 0 unspecified atom stereocenters. The van der Waals surface area contributed by atoms with Crippen LogP contribution in [0.15, 0.2) is 84.0 Å². The highest BCUT2D eigenvalue weighted by Crippen LogP contribution is 2.18. The molecule has 3 aromatic carbocycles. The molecule has 0 aromatic heterocycles. The summed E-state index contributed by atoms with van der Waals surface area (Å²) in [5, 5.41) is 3.50. The fourth-order valence-corrected chi connectivity index (χ4v) is 3.15. The van der Waals surface area contributed by atoms with Crippen LogP contribution in [-0.4, -0.2) is 32.4 Å². The Morgan fingerprint density at radius 2 is 1.39 bits per heavy atom. The Labute approximate surface area is 201 Å². The Kier molecular flexibility index (Phi) is 10.8. The van der Waals surface area contributed by atoms with Crippen molar-refractivity contribution in [3.8, 4) is 11.5 Å². The van der Waals surface area contributed by atoms with Gasteiger partial charge in [-0.25, -0.2) is 0 Å². The van der Waals surface area contributed by atoms with E-state index in [2.05, 4.69) is 5.10 Å². The van der Waals surface area contributed by atoms with Gasteiger partial charge >= 0.3 is 0 Å². The lowest BCUT2D eigenvalue weighted by Crippen LogP contribution is -2.25. The van der Waals surface area contributed by atoms with Crippen LogP contribution in [0.2, 0.25) is 0 Å². The first-order valence-electron chi connectivity index (χ1n) is 10.7. The van der Waals surface area contributed by atoms with Gasteiger partial charge in [0, 0.05) is 18.3 Å². The Balaban J connectivity index is 0.00000385. The summed E-state index contributed by atoms with van der Waals surface area (Å²) in [5.41, 5.74) is 2.43. The summed E-state index contributed by atoms with van der Waals surface area (Å²) in [6, 6.07) is 24.5. The van der Waals surface area contributed by atoms with Crippen molar-refractivity contribution in [1.29, 1.82) is 0 Å². The number of carbonyl (C=O) groups excluding carboxylic acids is 1. The van der Waals surface area contributed by atoms with Crippen molar-refractivity contribution in [3.63, 3.8) is 0 Å². The minimum absolute atomic E-state index is 0. The Bertz CT molecular complexity index is 994. The van der Waals surface area contributed by atoms with Crippen molar-refractivity contribution >= 4 is 30.2 Å². The average Bonchev–Trinajstić information content (AvgIpc) is 2.84. The second-order valence-electron chi connectivity index (χ2n) is 7.33. The van der Waals surface area contributed by atoms with Gasteiger partial charge in [-0.1, -0.05) is 18.2 Å². The highest BCUT2D eigenvalue weighted by Gasteiger charge is 2.13. The van der Waals surface area contributed by atoms with Crippen molar-refractivity contribution in [2.45, 2.75) is 19.3 Å². The van der Waals surface area contributed by atoms with Crippen molar-refractivity contribution in [2.75, 3.05) is 25.2 Å². The van der Waals surface area contributed by atoms with E-state index in [-0.39, 0.29) is 18.3 Å². The van der Waals surface area contributed by atoms with Crippen LogP contribution in [0.3, 0.4) is 0 Å². The quantitative estimate of drug-likeness (QED) is 0.179. The van der Waals surface area contributed by atoms with Crippen LogP contribution in [0, 0.1) is 0 Å². The van der Waals surface area contributed by atoms with E-state index < -0.39 is 0 Å². The van der Waals surface area contributed by atoms with Crippen LogP contribution in [0.1, 0.15) is 35.2 Å². The zero-order chi connectivity index (χ0) is 22.6. The molecule has 2 N–H and O–H groups in total. The van der Waals surface area contributed by atoms with E-state index in [1.165, 1.54) is 0 Å². The smallest absolute Gasteiger partial charge is 0.258 e. The van der Waals surface area contributed by atoms with Gasteiger partial charge in [0.15, 0.2) is 0 Å². The highest BCUT2D eigenvalue weighted by atomic mass is 35.5. The molecule has 0 aliphatic rings. The van der Waals surface area contributed by atoms with Gasteiger partial charge in [-0.3, -0.25) is 4.79 Å². The number of benzene rings is 3. The lowest BCUT2D eigenvalue weighted by atomic mass is 10.2. The van der Waals surface area contributed by atoms with Crippen LogP contribution in [0.4, 0.5) is 5.69 Å². The minimum atomic E-state index is -0.0510. The van der Waals surface area contributed by atoms with E-state index in [9.17, 15) is 4.79 Å². The molecule has 3 aromatic rings. The average molecular weight is 468 g/mol. The molecule has 0 aliphatic heterocycles. The molecule has 0 radical (unpaired) electrons. The molecule has 0 bridgehead atoms.